The lowest BCUT2D eigenvalue weighted by atomic mass is 10.1. The van der Waals surface area contributed by atoms with Gasteiger partial charge in [0.1, 0.15) is 6.61 Å². The Kier molecular flexibility index (Phi) is 4.72. The summed E-state index contributed by atoms with van der Waals surface area (Å²) >= 11 is 4.23. The lowest BCUT2D eigenvalue weighted by Gasteiger charge is -1.95. The standard InChI is InChI=1S/C11H11O2S/c12-11(14)13-9-5-4-8-10-6-2-1-3-7-10/h1-7H,8-9H2/b5-4+. The molecule has 0 aliphatic rings. The average molecular weight is 207 g/mol. The summed E-state index contributed by atoms with van der Waals surface area (Å²) in [6.45, 7) is 0.259. The van der Waals surface area contributed by atoms with Crippen molar-refractivity contribution in [2.75, 3.05) is 6.61 Å². The maximum absolute atomic E-state index is 10.2. The summed E-state index contributed by atoms with van der Waals surface area (Å²) in [7, 11) is 0. The molecule has 1 rings (SSSR count). The van der Waals surface area contributed by atoms with Crippen LogP contribution in [0.5, 0.6) is 0 Å². The van der Waals surface area contributed by atoms with Gasteiger partial charge in [0.25, 0.3) is 0 Å². The molecule has 3 heteroatoms. The van der Waals surface area contributed by atoms with Gasteiger partial charge in [0.05, 0.1) is 0 Å². The zero-order chi connectivity index (χ0) is 10.2. The van der Waals surface area contributed by atoms with E-state index in [1.54, 1.807) is 6.08 Å². The van der Waals surface area contributed by atoms with Crippen LogP contribution in [-0.4, -0.2) is 11.9 Å². The van der Waals surface area contributed by atoms with Crippen LogP contribution in [0.4, 0.5) is 4.79 Å². The van der Waals surface area contributed by atoms with E-state index in [0.717, 1.165) is 6.42 Å². The van der Waals surface area contributed by atoms with Crippen molar-refractivity contribution >= 4 is 17.9 Å². The molecule has 0 saturated heterocycles. The predicted octanol–water partition coefficient (Wildman–Crippen LogP) is 3.12. The molecule has 0 fully saturated rings. The van der Waals surface area contributed by atoms with Gasteiger partial charge in [-0.25, -0.2) is 4.79 Å². The highest BCUT2D eigenvalue weighted by Gasteiger charge is 1.90. The molecule has 1 radical (unpaired) electrons. The second-order valence-corrected chi connectivity index (χ2v) is 3.06. The normalized spacial score (nSPS) is 10.3. The molecule has 73 valence electrons. The second kappa shape index (κ2) is 6.16. The predicted molar refractivity (Wildman–Crippen MR) is 58.2 cm³/mol. The monoisotopic (exact) mass is 207 g/mol. The van der Waals surface area contributed by atoms with E-state index in [1.807, 2.05) is 36.4 Å². The Bertz CT molecular complexity index is 306. The van der Waals surface area contributed by atoms with Crippen LogP contribution in [0.25, 0.3) is 0 Å². The van der Waals surface area contributed by atoms with Crippen molar-refractivity contribution in [2.24, 2.45) is 0 Å². The Morgan fingerprint density at radius 2 is 2.00 bits per heavy atom. The molecule has 14 heavy (non-hydrogen) atoms. The van der Waals surface area contributed by atoms with Gasteiger partial charge in [-0.2, -0.15) is 0 Å². The molecule has 0 atom stereocenters. The average Bonchev–Trinajstić information content (AvgIpc) is 2.18. The maximum Gasteiger partial charge on any atom is 0.400 e. The van der Waals surface area contributed by atoms with Gasteiger partial charge in [0.2, 0.25) is 0 Å². The van der Waals surface area contributed by atoms with Crippen molar-refractivity contribution in [3.05, 3.63) is 48.0 Å². The first-order chi connectivity index (χ1) is 6.79. The van der Waals surface area contributed by atoms with Crippen molar-refractivity contribution < 1.29 is 9.53 Å². The number of ether oxygens (including phenoxy) is 1. The van der Waals surface area contributed by atoms with Crippen molar-refractivity contribution in [2.45, 2.75) is 6.42 Å². The zero-order valence-electron chi connectivity index (χ0n) is 7.68. The second-order valence-electron chi connectivity index (χ2n) is 2.72. The summed E-state index contributed by atoms with van der Waals surface area (Å²) in [4.78, 5) is 10.2. The minimum absolute atomic E-state index is 0.259. The molecular weight excluding hydrogens is 196 g/mol. The van der Waals surface area contributed by atoms with Crippen LogP contribution in [0.3, 0.4) is 0 Å². The molecule has 0 N–H and O–H groups in total. The summed E-state index contributed by atoms with van der Waals surface area (Å²) in [5.41, 5.74) is 1.23. The fourth-order valence-corrected chi connectivity index (χ4v) is 1.09. The molecule has 0 spiro atoms. The summed E-state index contributed by atoms with van der Waals surface area (Å²) in [6.07, 6.45) is 4.58. The number of carbonyl (C=O) groups excluding carboxylic acids is 1. The first-order valence-corrected chi connectivity index (χ1v) is 4.72. The third kappa shape index (κ3) is 4.62. The molecule has 0 saturated carbocycles. The quantitative estimate of drug-likeness (QED) is 0.560. The zero-order valence-corrected chi connectivity index (χ0v) is 8.50. The topological polar surface area (TPSA) is 26.3 Å². The summed E-state index contributed by atoms with van der Waals surface area (Å²) < 4.78 is 4.57. The van der Waals surface area contributed by atoms with Crippen LogP contribution in [0, 0.1) is 0 Å². The van der Waals surface area contributed by atoms with Crippen LogP contribution >= 0.6 is 12.6 Å². The van der Waals surface area contributed by atoms with Crippen molar-refractivity contribution in [1.82, 2.24) is 0 Å². The van der Waals surface area contributed by atoms with Gasteiger partial charge in [-0.15, -0.1) is 0 Å². The molecule has 0 aliphatic heterocycles. The SMILES string of the molecule is O=C([S])OC/C=C/Cc1ccccc1. The number of allylic oxidation sites excluding steroid dienone is 1. The Balaban J connectivity index is 2.24. The van der Waals surface area contributed by atoms with Crippen LogP contribution in [0.15, 0.2) is 42.5 Å². The number of benzene rings is 1. The summed E-state index contributed by atoms with van der Waals surface area (Å²) in [5, 5.41) is -0.658. The Morgan fingerprint density at radius 1 is 1.29 bits per heavy atom. The lowest BCUT2D eigenvalue weighted by molar-refractivity contribution is 0.188. The van der Waals surface area contributed by atoms with E-state index < -0.39 is 5.30 Å². The molecule has 1 aromatic carbocycles. The largest absolute Gasteiger partial charge is 0.450 e. The molecule has 1 aromatic rings. The van der Waals surface area contributed by atoms with Gasteiger partial charge in [0.15, 0.2) is 0 Å². The molecule has 0 unspecified atom stereocenters. The first kappa shape index (κ1) is 10.7. The molecular formula is C11H11O2S. The minimum atomic E-state index is -0.658. The Labute approximate surface area is 89.0 Å². The molecule has 2 nitrogen and oxygen atoms in total. The first-order valence-electron chi connectivity index (χ1n) is 4.32. The van der Waals surface area contributed by atoms with Gasteiger partial charge in [-0.3, -0.25) is 0 Å². The van der Waals surface area contributed by atoms with Crippen molar-refractivity contribution in [1.29, 1.82) is 0 Å². The number of hydrogen-bond acceptors (Lipinski definition) is 2. The van der Waals surface area contributed by atoms with E-state index in [9.17, 15) is 4.79 Å². The van der Waals surface area contributed by atoms with Gasteiger partial charge in [0, 0.05) is 12.6 Å². The third-order valence-corrected chi connectivity index (χ3v) is 1.78. The highest BCUT2D eigenvalue weighted by molar-refractivity contribution is 7.96. The Morgan fingerprint density at radius 3 is 2.64 bits per heavy atom. The van der Waals surface area contributed by atoms with Gasteiger partial charge >= 0.3 is 5.30 Å². The van der Waals surface area contributed by atoms with Gasteiger partial charge in [-0.05, 0) is 12.0 Å². The third-order valence-electron chi connectivity index (χ3n) is 1.66. The number of rotatable bonds is 4. The highest BCUT2D eigenvalue weighted by atomic mass is 32.1. The number of hydrogen-bond donors (Lipinski definition) is 0. The molecule has 0 bridgehead atoms. The van der Waals surface area contributed by atoms with Crippen LogP contribution in [-0.2, 0) is 11.2 Å². The van der Waals surface area contributed by atoms with Crippen LogP contribution in [0.1, 0.15) is 5.56 Å². The summed E-state index contributed by atoms with van der Waals surface area (Å²) in [6, 6.07) is 10.1. The summed E-state index contributed by atoms with van der Waals surface area (Å²) in [5.74, 6) is 0. The van der Waals surface area contributed by atoms with E-state index in [4.69, 9.17) is 0 Å². The van der Waals surface area contributed by atoms with E-state index in [-0.39, 0.29) is 6.61 Å². The van der Waals surface area contributed by atoms with Crippen LogP contribution < -0.4 is 0 Å². The maximum atomic E-state index is 10.2. The molecule has 0 amide bonds. The van der Waals surface area contributed by atoms with E-state index in [1.165, 1.54) is 5.56 Å². The Hall–Kier alpha value is -1.35. The number of carbonyl (C=O) groups is 1. The van der Waals surface area contributed by atoms with E-state index in [0.29, 0.717) is 0 Å². The highest BCUT2D eigenvalue weighted by Crippen LogP contribution is 1.99. The molecule has 0 aliphatic carbocycles. The molecule has 0 aromatic heterocycles. The smallest absolute Gasteiger partial charge is 0.400 e. The van der Waals surface area contributed by atoms with E-state index >= 15 is 0 Å². The van der Waals surface area contributed by atoms with E-state index in [2.05, 4.69) is 17.4 Å². The van der Waals surface area contributed by atoms with Crippen molar-refractivity contribution in [3.8, 4) is 0 Å². The van der Waals surface area contributed by atoms with Crippen LogP contribution in [0.2, 0.25) is 0 Å². The van der Waals surface area contributed by atoms with Gasteiger partial charge < -0.3 is 4.74 Å². The fourth-order valence-electron chi connectivity index (χ4n) is 1.02. The van der Waals surface area contributed by atoms with Crippen molar-refractivity contribution in [3.63, 3.8) is 0 Å². The molecule has 0 heterocycles. The fraction of sp³-hybridized carbons (Fsp3) is 0.182. The lowest BCUT2D eigenvalue weighted by Crippen LogP contribution is -1.92. The van der Waals surface area contributed by atoms with Gasteiger partial charge in [-0.1, -0.05) is 42.5 Å². The minimum Gasteiger partial charge on any atom is -0.450 e.